The summed E-state index contributed by atoms with van der Waals surface area (Å²) in [5.74, 6) is 0. The van der Waals surface area contributed by atoms with Gasteiger partial charge in [-0.25, -0.2) is 4.98 Å². The lowest BCUT2D eigenvalue weighted by Crippen LogP contribution is -1.88. The molecular weight excluding hydrogens is 322 g/mol. The molecule has 2 N–H and O–H groups in total. The van der Waals surface area contributed by atoms with Crippen molar-refractivity contribution in [3.63, 3.8) is 0 Å². The average Bonchev–Trinajstić information content (AvgIpc) is 3.00. The van der Waals surface area contributed by atoms with Crippen molar-refractivity contribution in [3.05, 3.63) is 45.5 Å². The molecule has 0 atom stereocenters. The third-order valence-electron chi connectivity index (χ3n) is 3.16. The van der Waals surface area contributed by atoms with Gasteiger partial charge in [0.15, 0.2) is 5.13 Å². The molecule has 0 aliphatic carbocycles. The summed E-state index contributed by atoms with van der Waals surface area (Å²) < 4.78 is 0.960. The van der Waals surface area contributed by atoms with Crippen LogP contribution in [0.1, 0.15) is 10.4 Å². The van der Waals surface area contributed by atoms with Crippen molar-refractivity contribution in [3.8, 4) is 0 Å². The SMILES string of the molecule is CNc1nc(Br)c(CCc2c[nH]c3ccccc23)s1. The van der Waals surface area contributed by atoms with Crippen molar-refractivity contribution in [1.82, 2.24) is 9.97 Å². The molecule has 0 bridgehead atoms. The monoisotopic (exact) mass is 335 g/mol. The van der Waals surface area contributed by atoms with Crippen molar-refractivity contribution in [2.75, 3.05) is 12.4 Å². The molecule has 5 heteroatoms. The number of hydrogen-bond acceptors (Lipinski definition) is 3. The molecule has 0 saturated carbocycles. The minimum absolute atomic E-state index is 0.959. The Kier molecular flexibility index (Phi) is 3.57. The van der Waals surface area contributed by atoms with E-state index in [4.69, 9.17) is 0 Å². The summed E-state index contributed by atoms with van der Waals surface area (Å²) in [6.45, 7) is 0. The van der Waals surface area contributed by atoms with Gasteiger partial charge < -0.3 is 10.3 Å². The Morgan fingerprint density at radius 3 is 2.95 bits per heavy atom. The number of nitrogens with one attached hydrogen (secondary N) is 2. The molecule has 19 heavy (non-hydrogen) atoms. The Morgan fingerprint density at radius 1 is 1.32 bits per heavy atom. The third-order valence-corrected chi connectivity index (χ3v) is 5.21. The topological polar surface area (TPSA) is 40.7 Å². The van der Waals surface area contributed by atoms with Gasteiger partial charge in [-0.15, -0.1) is 11.3 Å². The molecule has 3 nitrogen and oxygen atoms in total. The van der Waals surface area contributed by atoms with Crippen LogP contribution in [0.25, 0.3) is 10.9 Å². The Bertz CT molecular complexity index is 702. The number of thiazole rings is 1. The van der Waals surface area contributed by atoms with Crippen LogP contribution < -0.4 is 5.32 Å². The lowest BCUT2D eigenvalue weighted by molar-refractivity contribution is 0.977. The molecule has 0 radical (unpaired) electrons. The van der Waals surface area contributed by atoms with E-state index in [2.05, 4.69) is 61.7 Å². The molecule has 0 aliphatic heterocycles. The molecule has 0 unspecified atom stereocenters. The second kappa shape index (κ2) is 5.35. The van der Waals surface area contributed by atoms with Gasteiger partial charge in [0.1, 0.15) is 4.60 Å². The first-order chi connectivity index (χ1) is 9.28. The van der Waals surface area contributed by atoms with Crippen molar-refractivity contribution in [2.45, 2.75) is 12.8 Å². The fourth-order valence-electron chi connectivity index (χ4n) is 2.18. The van der Waals surface area contributed by atoms with Crippen LogP contribution in [0.2, 0.25) is 0 Å². The quantitative estimate of drug-likeness (QED) is 0.749. The lowest BCUT2D eigenvalue weighted by Gasteiger charge is -1.98. The van der Waals surface area contributed by atoms with Gasteiger partial charge in [0.05, 0.1) is 0 Å². The fraction of sp³-hybridized carbons (Fsp3) is 0.214. The molecule has 2 aromatic heterocycles. The highest BCUT2D eigenvalue weighted by atomic mass is 79.9. The Hall–Kier alpha value is -1.33. The number of halogens is 1. The van der Waals surface area contributed by atoms with E-state index in [1.807, 2.05) is 7.05 Å². The minimum atomic E-state index is 0.959. The zero-order valence-corrected chi connectivity index (χ0v) is 12.9. The predicted molar refractivity (Wildman–Crippen MR) is 85.1 cm³/mol. The number of benzene rings is 1. The smallest absolute Gasteiger partial charge is 0.183 e. The number of anilines is 1. The van der Waals surface area contributed by atoms with Crippen LogP contribution in [0.4, 0.5) is 5.13 Å². The second-order valence-electron chi connectivity index (χ2n) is 4.34. The molecular formula is C14H14BrN3S. The van der Waals surface area contributed by atoms with E-state index >= 15 is 0 Å². The maximum Gasteiger partial charge on any atom is 0.183 e. The van der Waals surface area contributed by atoms with E-state index in [1.54, 1.807) is 11.3 Å². The predicted octanol–water partition coefficient (Wildman–Crippen LogP) is 4.21. The van der Waals surface area contributed by atoms with Gasteiger partial charge in [-0.2, -0.15) is 0 Å². The molecule has 3 rings (SSSR count). The van der Waals surface area contributed by atoms with E-state index < -0.39 is 0 Å². The normalized spacial score (nSPS) is 11.1. The van der Waals surface area contributed by atoms with Crippen molar-refractivity contribution in [2.24, 2.45) is 0 Å². The number of aromatic nitrogens is 2. The largest absolute Gasteiger partial charge is 0.365 e. The van der Waals surface area contributed by atoms with Crippen molar-refractivity contribution < 1.29 is 0 Å². The van der Waals surface area contributed by atoms with Gasteiger partial charge in [-0.3, -0.25) is 0 Å². The number of fused-ring (bicyclic) bond motifs is 1. The number of rotatable bonds is 4. The van der Waals surface area contributed by atoms with Crippen LogP contribution >= 0.6 is 27.3 Å². The molecule has 0 saturated heterocycles. The van der Waals surface area contributed by atoms with Crippen LogP contribution in [-0.4, -0.2) is 17.0 Å². The molecule has 0 aliphatic rings. The number of H-pyrrole nitrogens is 1. The van der Waals surface area contributed by atoms with Crippen LogP contribution in [0.3, 0.4) is 0 Å². The fourth-order valence-corrected chi connectivity index (χ4v) is 3.72. The molecule has 98 valence electrons. The Labute approximate surface area is 124 Å². The van der Waals surface area contributed by atoms with Crippen LogP contribution in [0, 0.1) is 0 Å². The highest BCUT2D eigenvalue weighted by Crippen LogP contribution is 2.29. The second-order valence-corrected chi connectivity index (χ2v) is 6.18. The number of para-hydroxylation sites is 1. The third kappa shape index (κ3) is 2.53. The number of nitrogens with zero attached hydrogens (tertiary/aromatic N) is 1. The molecule has 0 amide bonds. The van der Waals surface area contributed by atoms with Gasteiger partial charge >= 0.3 is 0 Å². The van der Waals surface area contributed by atoms with Crippen LogP contribution in [-0.2, 0) is 12.8 Å². The van der Waals surface area contributed by atoms with E-state index in [1.165, 1.54) is 21.3 Å². The van der Waals surface area contributed by atoms with Gasteiger partial charge in [0, 0.05) is 29.0 Å². The van der Waals surface area contributed by atoms with E-state index in [0.29, 0.717) is 0 Å². The molecule has 1 aromatic carbocycles. The van der Waals surface area contributed by atoms with Crippen molar-refractivity contribution >= 4 is 43.3 Å². The van der Waals surface area contributed by atoms with E-state index in [-0.39, 0.29) is 0 Å². The Morgan fingerprint density at radius 2 is 2.16 bits per heavy atom. The number of hydrogen-bond donors (Lipinski definition) is 2. The lowest BCUT2D eigenvalue weighted by atomic mass is 10.1. The molecule has 0 fully saturated rings. The summed E-state index contributed by atoms with van der Waals surface area (Å²) >= 11 is 5.23. The van der Waals surface area contributed by atoms with Gasteiger partial charge in [0.25, 0.3) is 0 Å². The van der Waals surface area contributed by atoms with E-state index in [9.17, 15) is 0 Å². The highest BCUT2D eigenvalue weighted by Gasteiger charge is 2.09. The molecule has 2 heterocycles. The first-order valence-corrected chi connectivity index (χ1v) is 7.77. The maximum absolute atomic E-state index is 4.41. The van der Waals surface area contributed by atoms with Crippen LogP contribution in [0.5, 0.6) is 0 Å². The minimum Gasteiger partial charge on any atom is -0.365 e. The van der Waals surface area contributed by atoms with Gasteiger partial charge in [-0.1, -0.05) is 18.2 Å². The standard InChI is InChI=1S/C14H14BrN3S/c1-16-14-18-13(15)12(19-14)7-6-9-8-17-11-5-3-2-4-10(9)11/h2-5,8,17H,6-7H2,1H3,(H,16,18). The maximum atomic E-state index is 4.41. The first kappa shape index (κ1) is 12.7. The molecule has 3 aromatic rings. The van der Waals surface area contributed by atoms with Crippen LogP contribution in [0.15, 0.2) is 35.1 Å². The highest BCUT2D eigenvalue weighted by molar-refractivity contribution is 9.10. The summed E-state index contributed by atoms with van der Waals surface area (Å²) in [6, 6.07) is 8.42. The number of aryl methyl sites for hydroxylation is 2. The summed E-state index contributed by atoms with van der Waals surface area (Å²) in [4.78, 5) is 9.01. The zero-order valence-electron chi connectivity index (χ0n) is 10.5. The Balaban J connectivity index is 1.80. The first-order valence-electron chi connectivity index (χ1n) is 6.16. The van der Waals surface area contributed by atoms with Gasteiger partial charge in [0.2, 0.25) is 0 Å². The average molecular weight is 336 g/mol. The molecule has 0 spiro atoms. The zero-order chi connectivity index (χ0) is 13.2. The summed E-state index contributed by atoms with van der Waals surface area (Å²) in [5, 5.41) is 5.36. The van der Waals surface area contributed by atoms with E-state index in [0.717, 1.165) is 22.6 Å². The van der Waals surface area contributed by atoms with Gasteiger partial charge in [-0.05, 0) is 40.4 Å². The summed E-state index contributed by atoms with van der Waals surface area (Å²) in [5.41, 5.74) is 2.57. The number of aromatic amines is 1. The van der Waals surface area contributed by atoms with Crippen molar-refractivity contribution in [1.29, 1.82) is 0 Å². The summed E-state index contributed by atoms with van der Waals surface area (Å²) in [6.07, 6.45) is 4.13. The summed E-state index contributed by atoms with van der Waals surface area (Å²) in [7, 11) is 1.90.